The van der Waals surface area contributed by atoms with Gasteiger partial charge in [0.25, 0.3) is 0 Å². The molecule has 2 rings (SSSR count). The molecule has 1 fully saturated rings. The van der Waals surface area contributed by atoms with E-state index in [4.69, 9.17) is 5.11 Å². The van der Waals surface area contributed by atoms with Crippen LogP contribution in [0.3, 0.4) is 0 Å². The maximum atomic E-state index is 12.1. The van der Waals surface area contributed by atoms with Gasteiger partial charge in [0, 0.05) is 19.4 Å². The number of nitrogens with zero attached hydrogens (tertiary/aromatic N) is 1. The zero-order valence-corrected chi connectivity index (χ0v) is 10.9. The predicted octanol–water partition coefficient (Wildman–Crippen LogP) is 2.61. The van der Waals surface area contributed by atoms with Crippen molar-refractivity contribution in [2.75, 3.05) is 6.54 Å². The molecule has 4 heteroatoms. The summed E-state index contributed by atoms with van der Waals surface area (Å²) in [6.45, 7) is 0.783. The van der Waals surface area contributed by atoms with Crippen molar-refractivity contribution in [3.05, 3.63) is 35.9 Å². The summed E-state index contributed by atoms with van der Waals surface area (Å²) < 4.78 is 0. The minimum absolute atomic E-state index is 0.0651. The van der Waals surface area contributed by atoms with Crippen LogP contribution in [0.4, 0.5) is 0 Å². The monoisotopic (exact) mass is 261 g/mol. The van der Waals surface area contributed by atoms with Gasteiger partial charge < -0.3 is 10.0 Å². The largest absolute Gasteiger partial charge is 0.481 e. The fourth-order valence-electron chi connectivity index (χ4n) is 2.62. The van der Waals surface area contributed by atoms with E-state index in [2.05, 4.69) is 0 Å². The third kappa shape index (κ3) is 3.56. The molecule has 1 unspecified atom stereocenters. The molecule has 0 saturated carbocycles. The highest BCUT2D eigenvalue weighted by Gasteiger charge is 2.29. The lowest BCUT2D eigenvalue weighted by Crippen LogP contribution is -2.30. The lowest BCUT2D eigenvalue weighted by atomic mass is 10.0. The number of aliphatic carboxylic acids is 1. The van der Waals surface area contributed by atoms with Crippen LogP contribution in [0.5, 0.6) is 0 Å². The molecule has 0 bridgehead atoms. The highest BCUT2D eigenvalue weighted by molar-refractivity contribution is 5.77. The molecular weight excluding hydrogens is 242 g/mol. The van der Waals surface area contributed by atoms with E-state index >= 15 is 0 Å². The molecule has 1 aromatic rings. The van der Waals surface area contributed by atoms with Gasteiger partial charge in [0.15, 0.2) is 0 Å². The number of rotatable bonds is 5. The topological polar surface area (TPSA) is 57.6 Å². The molecular formula is C15H19NO3. The molecule has 1 atom stereocenters. The maximum absolute atomic E-state index is 12.1. The van der Waals surface area contributed by atoms with Crippen LogP contribution >= 0.6 is 0 Å². The van der Waals surface area contributed by atoms with Crippen molar-refractivity contribution in [3.8, 4) is 0 Å². The smallest absolute Gasteiger partial charge is 0.303 e. The molecule has 1 amide bonds. The van der Waals surface area contributed by atoms with E-state index in [1.54, 1.807) is 0 Å². The molecule has 1 saturated heterocycles. The number of hydrogen-bond acceptors (Lipinski definition) is 2. The summed E-state index contributed by atoms with van der Waals surface area (Å²) >= 11 is 0. The molecule has 1 aromatic carbocycles. The van der Waals surface area contributed by atoms with E-state index in [0.29, 0.717) is 12.8 Å². The molecule has 1 aliphatic rings. The van der Waals surface area contributed by atoms with Crippen molar-refractivity contribution >= 4 is 11.9 Å². The molecule has 4 nitrogen and oxygen atoms in total. The van der Waals surface area contributed by atoms with E-state index in [1.807, 2.05) is 35.2 Å². The number of carboxylic acid groups (broad SMARTS) is 1. The number of benzene rings is 1. The lowest BCUT2D eigenvalue weighted by Gasteiger charge is -2.25. The van der Waals surface area contributed by atoms with Gasteiger partial charge in [-0.15, -0.1) is 0 Å². The second kappa shape index (κ2) is 6.36. The highest BCUT2D eigenvalue weighted by atomic mass is 16.4. The van der Waals surface area contributed by atoms with Crippen LogP contribution in [-0.4, -0.2) is 28.4 Å². The first-order chi connectivity index (χ1) is 9.18. The van der Waals surface area contributed by atoms with Crippen molar-refractivity contribution in [2.24, 2.45) is 0 Å². The first-order valence-corrected chi connectivity index (χ1v) is 6.74. The van der Waals surface area contributed by atoms with E-state index < -0.39 is 5.97 Å². The van der Waals surface area contributed by atoms with Crippen LogP contribution in [0.25, 0.3) is 0 Å². The van der Waals surface area contributed by atoms with E-state index in [0.717, 1.165) is 19.4 Å². The molecule has 0 radical (unpaired) electrons. The first-order valence-electron chi connectivity index (χ1n) is 6.74. The second-order valence-corrected chi connectivity index (χ2v) is 4.90. The quantitative estimate of drug-likeness (QED) is 0.886. The van der Waals surface area contributed by atoms with Crippen molar-refractivity contribution < 1.29 is 14.7 Å². The van der Waals surface area contributed by atoms with Crippen LogP contribution < -0.4 is 0 Å². The van der Waals surface area contributed by atoms with Crippen molar-refractivity contribution in [1.29, 1.82) is 0 Å². The number of hydrogen-bond donors (Lipinski definition) is 1. The van der Waals surface area contributed by atoms with Crippen LogP contribution in [0.15, 0.2) is 30.3 Å². The normalized spacial score (nSPS) is 18.5. The molecule has 102 valence electrons. The van der Waals surface area contributed by atoms with E-state index in [9.17, 15) is 9.59 Å². The fraction of sp³-hybridized carbons (Fsp3) is 0.467. The van der Waals surface area contributed by atoms with Gasteiger partial charge in [-0.25, -0.2) is 0 Å². The number of likely N-dealkylation sites (tertiary alicyclic amines) is 1. The molecule has 0 aliphatic carbocycles. The summed E-state index contributed by atoms with van der Waals surface area (Å²) in [5.74, 6) is -0.763. The number of carbonyl (C=O) groups excluding carboxylic acids is 1. The Kier molecular flexibility index (Phi) is 4.55. The molecule has 0 aromatic heterocycles. The predicted molar refractivity (Wildman–Crippen MR) is 71.6 cm³/mol. The Morgan fingerprint density at radius 1 is 1.21 bits per heavy atom. The zero-order valence-electron chi connectivity index (χ0n) is 10.9. The minimum Gasteiger partial charge on any atom is -0.481 e. The Labute approximate surface area is 113 Å². The number of carbonyl (C=O) groups is 2. The number of carboxylic acids is 1. The molecule has 0 spiro atoms. The van der Waals surface area contributed by atoms with Crippen LogP contribution in [-0.2, 0) is 9.59 Å². The Hall–Kier alpha value is -1.84. The Bertz CT molecular complexity index is 444. The Balaban J connectivity index is 1.95. The highest BCUT2D eigenvalue weighted by Crippen LogP contribution is 2.32. The Morgan fingerprint density at radius 2 is 1.95 bits per heavy atom. The van der Waals surface area contributed by atoms with Gasteiger partial charge in [0.05, 0.1) is 6.04 Å². The first kappa shape index (κ1) is 13.6. The zero-order chi connectivity index (χ0) is 13.7. The van der Waals surface area contributed by atoms with E-state index in [1.165, 1.54) is 5.56 Å². The van der Waals surface area contributed by atoms with Gasteiger partial charge in [0.2, 0.25) is 5.91 Å². The summed E-state index contributed by atoms with van der Waals surface area (Å²) in [5.41, 5.74) is 1.17. The molecule has 19 heavy (non-hydrogen) atoms. The fourth-order valence-corrected chi connectivity index (χ4v) is 2.62. The van der Waals surface area contributed by atoms with Gasteiger partial charge >= 0.3 is 5.97 Å². The number of amides is 1. The van der Waals surface area contributed by atoms with E-state index in [-0.39, 0.29) is 18.4 Å². The summed E-state index contributed by atoms with van der Waals surface area (Å²) in [7, 11) is 0. The van der Waals surface area contributed by atoms with Crippen molar-refractivity contribution in [2.45, 2.75) is 38.1 Å². The van der Waals surface area contributed by atoms with Crippen LogP contribution in [0.1, 0.15) is 43.7 Å². The third-order valence-electron chi connectivity index (χ3n) is 3.54. The van der Waals surface area contributed by atoms with Crippen LogP contribution in [0.2, 0.25) is 0 Å². The van der Waals surface area contributed by atoms with Gasteiger partial charge in [0.1, 0.15) is 0 Å². The molecule has 1 aliphatic heterocycles. The average Bonchev–Trinajstić information content (AvgIpc) is 2.88. The average molecular weight is 261 g/mol. The van der Waals surface area contributed by atoms with Gasteiger partial charge in [-0.1, -0.05) is 30.3 Å². The summed E-state index contributed by atoms with van der Waals surface area (Å²) in [6.07, 6.45) is 2.83. The van der Waals surface area contributed by atoms with Gasteiger partial charge in [-0.05, 0) is 24.8 Å². The van der Waals surface area contributed by atoms with Crippen molar-refractivity contribution in [3.63, 3.8) is 0 Å². The Morgan fingerprint density at radius 3 is 2.63 bits per heavy atom. The standard InChI is InChI=1S/C15H19NO3/c17-14(9-4-10-15(18)19)16-11-5-8-13(16)12-6-2-1-3-7-12/h1-3,6-7,13H,4-5,8-11H2,(H,18,19). The SMILES string of the molecule is O=C(O)CCCC(=O)N1CCCC1c1ccccc1. The maximum Gasteiger partial charge on any atom is 0.303 e. The summed E-state index contributed by atoms with van der Waals surface area (Å²) in [6, 6.07) is 10.2. The molecule has 1 N–H and O–H groups in total. The lowest BCUT2D eigenvalue weighted by molar-refractivity contribution is -0.137. The van der Waals surface area contributed by atoms with Gasteiger partial charge in [-0.3, -0.25) is 9.59 Å². The third-order valence-corrected chi connectivity index (χ3v) is 3.54. The van der Waals surface area contributed by atoms with Gasteiger partial charge in [-0.2, -0.15) is 0 Å². The molecule has 1 heterocycles. The summed E-state index contributed by atoms with van der Waals surface area (Å²) in [5, 5.41) is 8.60. The van der Waals surface area contributed by atoms with Crippen molar-refractivity contribution in [1.82, 2.24) is 4.90 Å². The summed E-state index contributed by atoms with van der Waals surface area (Å²) in [4.78, 5) is 24.5. The second-order valence-electron chi connectivity index (χ2n) is 4.90. The van der Waals surface area contributed by atoms with Crippen LogP contribution in [0, 0.1) is 0 Å². The minimum atomic E-state index is -0.839.